The van der Waals surface area contributed by atoms with Crippen molar-refractivity contribution in [1.82, 2.24) is 9.80 Å². The maximum atomic E-state index is 11.9. The van der Waals surface area contributed by atoms with Gasteiger partial charge in [-0.05, 0) is 19.4 Å². The van der Waals surface area contributed by atoms with Crippen LogP contribution in [0.15, 0.2) is 0 Å². The maximum Gasteiger partial charge on any atom is 0.319 e. The number of nitrogens with zero attached hydrogens (tertiary/aromatic N) is 2. The fourth-order valence-electron chi connectivity index (χ4n) is 2.49. The lowest BCUT2D eigenvalue weighted by Gasteiger charge is -2.38. The summed E-state index contributed by atoms with van der Waals surface area (Å²) in [6.07, 6.45) is 2.41. The summed E-state index contributed by atoms with van der Waals surface area (Å²) in [7, 11) is 1.84. The van der Waals surface area contributed by atoms with Crippen LogP contribution in [-0.4, -0.2) is 61.8 Å². The molecule has 2 N–H and O–H groups in total. The van der Waals surface area contributed by atoms with E-state index in [1.165, 1.54) is 0 Å². The topological polar surface area (TPSA) is 58.8 Å². The van der Waals surface area contributed by atoms with Gasteiger partial charge in [-0.1, -0.05) is 0 Å². The zero-order chi connectivity index (χ0) is 11.5. The fourth-order valence-corrected chi connectivity index (χ4v) is 2.49. The molecule has 16 heavy (non-hydrogen) atoms. The first kappa shape index (κ1) is 11.7. The van der Waals surface area contributed by atoms with Crippen LogP contribution in [0.3, 0.4) is 0 Å². The molecule has 2 saturated heterocycles. The van der Waals surface area contributed by atoms with Crippen LogP contribution < -0.4 is 5.73 Å². The molecule has 2 aliphatic rings. The minimum atomic E-state index is 0.111. The molecule has 5 heteroatoms. The summed E-state index contributed by atoms with van der Waals surface area (Å²) < 4.78 is 5.56. The van der Waals surface area contributed by atoms with Crippen LogP contribution in [0.2, 0.25) is 0 Å². The first-order valence-electron chi connectivity index (χ1n) is 6.02. The van der Waals surface area contributed by atoms with Crippen molar-refractivity contribution in [2.24, 2.45) is 11.7 Å². The van der Waals surface area contributed by atoms with Gasteiger partial charge in [-0.3, -0.25) is 0 Å². The molecule has 5 nitrogen and oxygen atoms in total. The number of hydrogen-bond acceptors (Lipinski definition) is 3. The summed E-state index contributed by atoms with van der Waals surface area (Å²) in [5.74, 6) is 0.393. The molecule has 2 unspecified atom stereocenters. The first-order chi connectivity index (χ1) is 7.70. The molecule has 2 rings (SSSR count). The van der Waals surface area contributed by atoms with Gasteiger partial charge in [0.1, 0.15) is 0 Å². The number of nitrogens with two attached hydrogens (primary N) is 1. The highest BCUT2D eigenvalue weighted by molar-refractivity contribution is 5.75. The zero-order valence-corrected chi connectivity index (χ0v) is 9.89. The lowest BCUT2D eigenvalue weighted by Crippen LogP contribution is -2.55. The van der Waals surface area contributed by atoms with E-state index in [9.17, 15) is 4.79 Å². The highest BCUT2D eigenvalue weighted by Crippen LogP contribution is 2.18. The molecule has 0 spiro atoms. The van der Waals surface area contributed by atoms with E-state index in [0.29, 0.717) is 12.5 Å². The predicted molar refractivity (Wildman–Crippen MR) is 61.1 cm³/mol. The Morgan fingerprint density at radius 3 is 2.94 bits per heavy atom. The zero-order valence-electron chi connectivity index (χ0n) is 9.89. The second-order valence-electron chi connectivity index (χ2n) is 4.80. The molecular formula is C11H21N3O2. The number of ether oxygens (including phenoxy) is 1. The SMILES string of the molecule is CN1CC(CN)CN(CC2CCCO2)C1=O. The second-order valence-corrected chi connectivity index (χ2v) is 4.80. The molecule has 0 bridgehead atoms. The highest BCUT2D eigenvalue weighted by atomic mass is 16.5. The van der Waals surface area contributed by atoms with E-state index in [1.54, 1.807) is 4.90 Å². The van der Waals surface area contributed by atoms with E-state index < -0.39 is 0 Å². The predicted octanol–water partition coefficient (Wildman–Crippen LogP) is 0.108. The Bertz CT molecular complexity index is 254. The standard InChI is InChI=1S/C11H21N3O2/c1-13-6-9(5-12)7-14(11(13)15)8-10-3-2-4-16-10/h9-10H,2-8,12H2,1H3. The van der Waals surface area contributed by atoms with Gasteiger partial charge in [0.15, 0.2) is 0 Å². The van der Waals surface area contributed by atoms with Gasteiger partial charge in [0.25, 0.3) is 0 Å². The lowest BCUT2D eigenvalue weighted by atomic mass is 10.1. The molecule has 2 aliphatic heterocycles. The minimum Gasteiger partial charge on any atom is -0.376 e. The quantitative estimate of drug-likeness (QED) is 0.744. The summed E-state index contributed by atoms with van der Waals surface area (Å²) in [6, 6.07) is 0.111. The number of urea groups is 1. The lowest BCUT2D eigenvalue weighted by molar-refractivity contribution is 0.0563. The van der Waals surface area contributed by atoms with E-state index in [0.717, 1.165) is 39.1 Å². The molecule has 2 atom stereocenters. The van der Waals surface area contributed by atoms with Crippen molar-refractivity contribution >= 4 is 6.03 Å². The third-order valence-electron chi connectivity index (χ3n) is 3.39. The molecule has 2 heterocycles. The van der Waals surface area contributed by atoms with Gasteiger partial charge in [-0.15, -0.1) is 0 Å². The van der Waals surface area contributed by atoms with Crippen molar-refractivity contribution in [2.75, 3.05) is 39.8 Å². The van der Waals surface area contributed by atoms with Gasteiger partial charge < -0.3 is 20.3 Å². The van der Waals surface area contributed by atoms with Crippen LogP contribution in [0.25, 0.3) is 0 Å². The summed E-state index contributed by atoms with van der Waals surface area (Å²) in [4.78, 5) is 15.6. The second kappa shape index (κ2) is 5.01. The summed E-state index contributed by atoms with van der Waals surface area (Å²) >= 11 is 0. The van der Waals surface area contributed by atoms with Crippen molar-refractivity contribution < 1.29 is 9.53 Å². The largest absolute Gasteiger partial charge is 0.376 e. The van der Waals surface area contributed by atoms with Gasteiger partial charge in [0.05, 0.1) is 6.10 Å². The van der Waals surface area contributed by atoms with E-state index in [4.69, 9.17) is 10.5 Å². The van der Waals surface area contributed by atoms with Gasteiger partial charge in [-0.25, -0.2) is 4.79 Å². The third kappa shape index (κ3) is 2.47. The highest BCUT2D eigenvalue weighted by Gasteiger charge is 2.31. The average molecular weight is 227 g/mol. The van der Waals surface area contributed by atoms with Crippen LogP contribution in [0.1, 0.15) is 12.8 Å². The van der Waals surface area contributed by atoms with Crippen LogP contribution in [0.5, 0.6) is 0 Å². The fraction of sp³-hybridized carbons (Fsp3) is 0.909. The number of rotatable bonds is 3. The Morgan fingerprint density at radius 1 is 1.50 bits per heavy atom. The minimum absolute atomic E-state index is 0.111. The van der Waals surface area contributed by atoms with E-state index in [-0.39, 0.29) is 12.1 Å². The molecule has 0 aliphatic carbocycles. The normalized spacial score (nSPS) is 31.2. The first-order valence-corrected chi connectivity index (χ1v) is 6.02. The van der Waals surface area contributed by atoms with E-state index in [1.807, 2.05) is 11.9 Å². The monoisotopic (exact) mass is 227 g/mol. The number of amides is 2. The van der Waals surface area contributed by atoms with E-state index >= 15 is 0 Å². The summed E-state index contributed by atoms with van der Waals surface area (Å²) in [6.45, 7) is 3.75. The molecule has 0 aromatic carbocycles. The summed E-state index contributed by atoms with van der Waals surface area (Å²) in [5.41, 5.74) is 5.69. The van der Waals surface area contributed by atoms with Gasteiger partial charge in [0, 0.05) is 39.2 Å². The summed E-state index contributed by atoms with van der Waals surface area (Å²) in [5, 5.41) is 0. The Labute approximate surface area is 96.5 Å². The van der Waals surface area contributed by atoms with Crippen LogP contribution in [0.4, 0.5) is 4.79 Å². The molecule has 2 fully saturated rings. The van der Waals surface area contributed by atoms with Crippen molar-refractivity contribution in [3.05, 3.63) is 0 Å². The molecule has 92 valence electrons. The van der Waals surface area contributed by atoms with E-state index in [2.05, 4.69) is 0 Å². The van der Waals surface area contributed by atoms with Crippen LogP contribution in [0, 0.1) is 5.92 Å². The Hall–Kier alpha value is -0.810. The molecule has 0 radical (unpaired) electrons. The molecule has 0 aromatic heterocycles. The van der Waals surface area contributed by atoms with Crippen LogP contribution >= 0.6 is 0 Å². The third-order valence-corrected chi connectivity index (χ3v) is 3.39. The molecule has 0 aromatic rings. The molecular weight excluding hydrogens is 206 g/mol. The Balaban J connectivity index is 1.92. The Kier molecular flexibility index (Phi) is 3.66. The maximum absolute atomic E-state index is 11.9. The molecule has 0 saturated carbocycles. The van der Waals surface area contributed by atoms with Crippen molar-refractivity contribution in [2.45, 2.75) is 18.9 Å². The van der Waals surface area contributed by atoms with Gasteiger partial charge >= 0.3 is 6.03 Å². The molecule has 2 amide bonds. The van der Waals surface area contributed by atoms with Gasteiger partial charge in [0.2, 0.25) is 0 Å². The number of carbonyl (C=O) groups excluding carboxylic acids is 1. The van der Waals surface area contributed by atoms with Crippen molar-refractivity contribution in [3.63, 3.8) is 0 Å². The van der Waals surface area contributed by atoms with Crippen molar-refractivity contribution in [3.8, 4) is 0 Å². The van der Waals surface area contributed by atoms with Crippen LogP contribution in [-0.2, 0) is 4.74 Å². The average Bonchev–Trinajstić information content (AvgIpc) is 2.77. The number of hydrogen-bond donors (Lipinski definition) is 1. The van der Waals surface area contributed by atoms with Crippen molar-refractivity contribution in [1.29, 1.82) is 0 Å². The number of carbonyl (C=O) groups is 1. The smallest absolute Gasteiger partial charge is 0.319 e. The Morgan fingerprint density at radius 2 is 2.31 bits per heavy atom. The van der Waals surface area contributed by atoms with Gasteiger partial charge in [-0.2, -0.15) is 0 Å².